The number of rotatable bonds is 5. The van der Waals surface area contributed by atoms with Crippen molar-refractivity contribution in [2.45, 2.75) is 4.90 Å². The molecule has 0 unspecified atom stereocenters. The molecule has 0 fully saturated rings. The van der Waals surface area contributed by atoms with Crippen molar-refractivity contribution in [3.63, 3.8) is 0 Å². The number of halogens is 2. The highest BCUT2D eigenvalue weighted by molar-refractivity contribution is 7.92. The van der Waals surface area contributed by atoms with E-state index in [0.717, 1.165) is 0 Å². The number of nitrogens with one attached hydrogen (secondary N) is 2. The Labute approximate surface area is 149 Å². The normalized spacial score (nSPS) is 11.1. The Morgan fingerprint density at radius 2 is 1.68 bits per heavy atom. The summed E-state index contributed by atoms with van der Waals surface area (Å²) in [5, 5.41) is 3.01. The predicted molar refractivity (Wildman–Crippen MR) is 96.2 cm³/mol. The van der Waals surface area contributed by atoms with Crippen molar-refractivity contribution in [2.75, 3.05) is 10.0 Å². The summed E-state index contributed by atoms with van der Waals surface area (Å²) < 4.78 is 40.0. The van der Waals surface area contributed by atoms with E-state index < -0.39 is 15.8 Å². The van der Waals surface area contributed by atoms with Crippen molar-refractivity contribution in [1.82, 2.24) is 4.98 Å². The first kappa shape index (κ1) is 17.2. The van der Waals surface area contributed by atoms with Crippen molar-refractivity contribution >= 4 is 38.8 Å². The van der Waals surface area contributed by atoms with Crippen LogP contribution in [-0.4, -0.2) is 13.4 Å². The summed E-state index contributed by atoms with van der Waals surface area (Å²) in [5.74, 6) is -0.317. The Hall–Kier alpha value is -2.64. The third-order valence-corrected chi connectivity index (χ3v) is 4.92. The van der Waals surface area contributed by atoms with Crippen LogP contribution in [0.5, 0.6) is 0 Å². The third-order valence-electron chi connectivity index (χ3n) is 3.26. The second kappa shape index (κ2) is 7.08. The molecule has 0 atom stereocenters. The Kier molecular flexibility index (Phi) is 4.87. The molecule has 0 spiro atoms. The minimum Gasteiger partial charge on any atom is -0.354 e. The van der Waals surface area contributed by atoms with Gasteiger partial charge in [-0.25, -0.2) is 17.8 Å². The van der Waals surface area contributed by atoms with E-state index in [1.165, 1.54) is 42.6 Å². The van der Waals surface area contributed by atoms with Gasteiger partial charge in [0.1, 0.15) is 11.6 Å². The fraction of sp³-hybridized carbons (Fsp3) is 0. The topological polar surface area (TPSA) is 71.1 Å². The highest BCUT2D eigenvalue weighted by atomic mass is 35.5. The summed E-state index contributed by atoms with van der Waals surface area (Å²) in [6.45, 7) is 0. The molecule has 2 N–H and O–H groups in total. The lowest BCUT2D eigenvalue weighted by atomic mass is 10.3. The van der Waals surface area contributed by atoms with Crippen molar-refractivity contribution in [1.29, 1.82) is 0 Å². The molecule has 0 aliphatic heterocycles. The van der Waals surface area contributed by atoms with E-state index in [1.54, 1.807) is 24.3 Å². The zero-order chi connectivity index (χ0) is 17.9. The lowest BCUT2D eigenvalue weighted by Crippen LogP contribution is -2.13. The van der Waals surface area contributed by atoms with Crippen LogP contribution in [0.3, 0.4) is 0 Å². The van der Waals surface area contributed by atoms with Gasteiger partial charge in [-0.1, -0.05) is 29.8 Å². The van der Waals surface area contributed by atoms with Gasteiger partial charge in [-0.05, 0) is 42.5 Å². The van der Waals surface area contributed by atoms with Crippen LogP contribution >= 0.6 is 11.6 Å². The molecular weight excluding hydrogens is 365 g/mol. The van der Waals surface area contributed by atoms with Gasteiger partial charge < -0.3 is 5.32 Å². The molecule has 8 heteroatoms. The van der Waals surface area contributed by atoms with Gasteiger partial charge in [0.25, 0.3) is 10.0 Å². The molecule has 3 aromatic rings. The Morgan fingerprint density at radius 3 is 2.32 bits per heavy atom. The molecule has 0 amide bonds. The fourth-order valence-corrected chi connectivity index (χ4v) is 3.27. The summed E-state index contributed by atoms with van der Waals surface area (Å²) in [6.07, 6.45) is 1.46. The van der Waals surface area contributed by atoms with Crippen LogP contribution in [0.25, 0.3) is 0 Å². The Bertz CT molecular complexity index is 981. The van der Waals surface area contributed by atoms with Crippen LogP contribution < -0.4 is 10.0 Å². The minimum atomic E-state index is -3.69. The van der Waals surface area contributed by atoms with Gasteiger partial charge in [0.05, 0.1) is 21.8 Å². The lowest BCUT2D eigenvalue weighted by molar-refractivity contribution is 0.601. The lowest BCUT2D eigenvalue weighted by Gasteiger charge is -2.09. The average molecular weight is 378 g/mol. The molecule has 0 radical (unpaired) electrons. The number of hydrogen-bond acceptors (Lipinski definition) is 4. The summed E-state index contributed by atoms with van der Waals surface area (Å²) in [6, 6.07) is 15.4. The third kappa shape index (κ3) is 4.26. The Balaban J connectivity index is 1.73. The van der Waals surface area contributed by atoms with E-state index in [0.29, 0.717) is 11.4 Å². The quantitative estimate of drug-likeness (QED) is 0.690. The molecule has 2 aromatic carbocycles. The number of pyridine rings is 1. The van der Waals surface area contributed by atoms with Gasteiger partial charge in [0.15, 0.2) is 0 Å². The summed E-state index contributed by atoms with van der Waals surface area (Å²) in [4.78, 5) is 4.22. The second-order valence-corrected chi connectivity index (χ2v) is 7.19. The maximum Gasteiger partial charge on any atom is 0.263 e. The molecule has 25 heavy (non-hydrogen) atoms. The maximum absolute atomic E-state index is 13.2. The van der Waals surface area contributed by atoms with E-state index in [2.05, 4.69) is 15.0 Å². The summed E-state index contributed by atoms with van der Waals surface area (Å²) in [7, 11) is -3.69. The van der Waals surface area contributed by atoms with Crippen LogP contribution in [-0.2, 0) is 10.0 Å². The average Bonchev–Trinajstić information content (AvgIpc) is 2.60. The van der Waals surface area contributed by atoms with E-state index in [9.17, 15) is 12.8 Å². The van der Waals surface area contributed by atoms with Gasteiger partial charge in [-0.2, -0.15) is 0 Å². The first-order valence-corrected chi connectivity index (χ1v) is 9.06. The van der Waals surface area contributed by atoms with E-state index in [4.69, 9.17) is 11.6 Å². The SMILES string of the molecule is O=S(=O)(Nc1ccc(Nc2ccc(F)c(Cl)c2)cn1)c1ccccc1. The molecule has 1 heterocycles. The van der Waals surface area contributed by atoms with Crippen LogP contribution in [0.2, 0.25) is 5.02 Å². The molecular formula is C17H13ClFN3O2S. The number of nitrogens with zero attached hydrogens (tertiary/aromatic N) is 1. The molecule has 3 rings (SSSR count). The maximum atomic E-state index is 13.2. The summed E-state index contributed by atoms with van der Waals surface area (Å²) in [5.41, 5.74) is 1.19. The van der Waals surface area contributed by atoms with E-state index >= 15 is 0 Å². The minimum absolute atomic E-state index is 0.00482. The smallest absolute Gasteiger partial charge is 0.263 e. The van der Waals surface area contributed by atoms with Crippen molar-refractivity contribution in [2.24, 2.45) is 0 Å². The van der Waals surface area contributed by atoms with Gasteiger partial charge in [-0.3, -0.25) is 4.72 Å². The highest BCUT2D eigenvalue weighted by Gasteiger charge is 2.13. The number of sulfonamides is 1. The zero-order valence-electron chi connectivity index (χ0n) is 12.8. The van der Waals surface area contributed by atoms with Gasteiger partial charge in [-0.15, -0.1) is 0 Å². The van der Waals surface area contributed by atoms with Crippen LogP contribution in [0.15, 0.2) is 71.8 Å². The zero-order valence-corrected chi connectivity index (χ0v) is 14.4. The summed E-state index contributed by atoms with van der Waals surface area (Å²) >= 11 is 5.73. The first-order chi connectivity index (χ1) is 11.9. The monoisotopic (exact) mass is 377 g/mol. The highest BCUT2D eigenvalue weighted by Crippen LogP contribution is 2.23. The molecule has 0 aliphatic rings. The first-order valence-electron chi connectivity index (χ1n) is 7.20. The van der Waals surface area contributed by atoms with Crippen LogP contribution in [0, 0.1) is 5.82 Å². The number of anilines is 3. The standard InChI is InChI=1S/C17H13ClFN3O2S/c18-15-10-12(6-8-16(15)19)21-13-7-9-17(20-11-13)22-25(23,24)14-4-2-1-3-5-14/h1-11,21H,(H,20,22). The molecule has 0 saturated heterocycles. The predicted octanol–water partition coefficient (Wildman–Crippen LogP) is 4.42. The van der Waals surface area contributed by atoms with E-state index in [1.807, 2.05) is 0 Å². The van der Waals surface area contributed by atoms with Crippen molar-refractivity contribution in [3.8, 4) is 0 Å². The molecule has 5 nitrogen and oxygen atoms in total. The fourth-order valence-electron chi connectivity index (χ4n) is 2.06. The Morgan fingerprint density at radius 1 is 0.960 bits per heavy atom. The molecule has 1 aromatic heterocycles. The van der Waals surface area contributed by atoms with Crippen molar-refractivity contribution < 1.29 is 12.8 Å². The van der Waals surface area contributed by atoms with Gasteiger partial charge in [0.2, 0.25) is 0 Å². The van der Waals surface area contributed by atoms with Gasteiger partial charge >= 0.3 is 0 Å². The van der Waals surface area contributed by atoms with E-state index in [-0.39, 0.29) is 15.7 Å². The van der Waals surface area contributed by atoms with Crippen LogP contribution in [0.1, 0.15) is 0 Å². The van der Waals surface area contributed by atoms with Crippen molar-refractivity contribution in [3.05, 3.63) is 77.7 Å². The number of aromatic nitrogens is 1. The number of hydrogen-bond donors (Lipinski definition) is 2. The van der Waals surface area contributed by atoms with Crippen LogP contribution in [0.4, 0.5) is 21.6 Å². The van der Waals surface area contributed by atoms with Gasteiger partial charge in [0, 0.05) is 5.69 Å². The number of benzene rings is 2. The molecule has 128 valence electrons. The molecule has 0 bridgehead atoms. The molecule has 0 aliphatic carbocycles. The second-order valence-electron chi connectivity index (χ2n) is 5.10. The molecule has 0 saturated carbocycles. The largest absolute Gasteiger partial charge is 0.354 e.